The lowest BCUT2D eigenvalue weighted by Crippen LogP contribution is -2.09. The summed E-state index contributed by atoms with van der Waals surface area (Å²) < 4.78 is 0. The largest absolute Gasteiger partial charge is 0.285 e. The van der Waals surface area contributed by atoms with Crippen LogP contribution in [0.25, 0.3) is 0 Å². The Labute approximate surface area is 109 Å². The van der Waals surface area contributed by atoms with Crippen LogP contribution in [-0.4, -0.2) is 12.3 Å². The van der Waals surface area contributed by atoms with E-state index < -0.39 is 0 Å². The normalized spacial score (nSPS) is 23.4. The third kappa shape index (κ3) is 2.17. The average molecular weight is 237 g/mol. The number of nitrogens with zero attached hydrogens (tertiary/aromatic N) is 1. The first-order valence-electron chi connectivity index (χ1n) is 6.81. The Bertz CT molecular complexity index is 520. The highest BCUT2D eigenvalue weighted by Crippen LogP contribution is 2.38. The lowest BCUT2D eigenvalue weighted by atomic mass is 9.79. The summed E-state index contributed by atoms with van der Waals surface area (Å²) in [6, 6.07) is 10.9. The van der Waals surface area contributed by atoms with Gasteiger partial charge in [-0.3, -0.25) is 4.99 Å². The fourth-order valence-corrected chi connectivity index (χ4v) is 2.99. The lowest BCUT2D eigenvalue weighted by molar-refractivity contribution is 0.627. The van der Waals surface area contributed by atoms with Crippen molar-refractivity contribution in [2.24, 2.45) is 4.99 Å². The summed E-state index contributed by atoms with van der Waals surface area (Å²) >= 11 is 0. The highest BCUT2D eigenvalue weighted by atomic mass is 14.8. The van der Waals surface area contributed by atoms with Gasteiger partial charge in [-0.1, -0.05) is 36.4 Å². The molecule has 0 saturated carbocycles. The summed E-state index contributed by atoms with van der Waals surface area (Å²) in [6.07, 6.45) is 8.48. The Morgan fingerprint density at radius 3 is 2.72 bits per heavy atom. The summed E-state index contributed by atoms with van der Waals surface area (Å²) in [6.45, 7) is 2.97. The van der Waals surface area contributed by atoms with Gasteiger partial charge < -0.3 is 0 Å². The second-order valence-corrected chi connectivity index (χ2v) is 5.18. The maximum Gasteiger partial charge on any atom is 0.0646 e. The van der Waals surface area contributed by atoms with Crippen LogP contribution in [0.5, 0.6) is 0 Å². The number of rotatable bonds is 2. The molecule has 0 spiro atoms. The molecule has 0 aromatic heterocycles. The third-order valence-electron chi connectivity index (χ3n) is 3.89. The summed E-state index contributed by atoms with van der Waals surface area (Å²) in [5.74, 6) is 0.576. The fourth-order valence-electron chi connectivity index (χ4n) is 2.99. The summed E-state index contributed by atoms with van der Waals surface area (Å²) in [7, 11) is 0. The molecule has 18 heavy (non-hydrogen) atoms. The van der Waals surface area contributed by atoms with E-state index in [2.05, 4.69) is 54.4 Å². The monoisotopic (exact) mass is 237 g/mol. The van der Waals surface area contributed by atoms with Gasteiger partial charge in [-0.15, -0.1) is 0 Å². The predicted molar refractivity (Wildman–Crippen MR) is 77.2 cm³/mol. The average Bonchev–Trinajstić information content (AvgIpc) is 2.86. The van der Waals surface area contributed by atoms with E-state index in [1.54, 1.807) is 0 Å². The Morgan fingerprint density at radius 2 is 2.00 bits per heavy atom. The molecule has 1 aliphatic heterocycles. The van der Waals surface area contributed by atoms with Crippen LogP contribution in [0.3, 0.4) is 0 Å². The minimum atomic E-state index is 0.576. The Morgan fingerprint density at radius 1 is 1.17 bits per heavy atom. The van der Waals surface area contributed by atoms with E-state index in [0.717, 1.165) is 6.54 Å². The van der Waals surface area contributed by atoms with Crippen molar-refractivity contribution in [2.75, 3.05) is 6.54 Å². The lowest BCUT2D eigenvalue weighted by Gasteiger charge is -2.25. The van der Waals surface area contributed by atoms with Gasteiger partial charge in [0.2, 0.25) is 0 Å². The molecule has 1 heterocycles. The first-order valence-corrected chi connectivity index (χ1v) is 6.81. The number of hydrogen-bond donors (Lipinski definition) is 0. The van der Waals surface area contributed by atoms with Crippen molar-refractivity contribution in [1.29, 1.82) is 0 Å². The minimum Gasteiger partial charge on any atom is -0.285 e. The van der Waals surface area contributed by atoms with Gasteiger partial charge in [-0.05, 0) is 49.0 Å². The van der Waals surface area contributed by atoms with Crippen LogP contribution in [0.1, 0.15) is 37.7 Å². The third-order valence-corrected chi connectivity index (χ3v) is 3.89. The Balaban J connectivity index is 1.92. The van der Waals surface area contributed by atoms with Crippen molar-refractivity contribution < 1.29 is 0 Å². The molecule has 1 unspecified atom stereocenters. The van der Waals surface area contributed by atoms with E-state index in [-0.39, 0.29) is 0 Å². The highest BCUT2D eigenvalue weighted by molar-refractivity contribution is 5.96. The zero-order valence-electron chi connectivity index (χ0n) is 10.9. The van der Waals surface area contributed by atoms with Crippen LogP contribution in [0.15, 0.2) is 58.6 Å². The number of aliphatic imine (C=N–C) groups is 1. The Hall–Kier alpha value is -1.63. The zero-order chi connectivity index (χ0) is 12.4. The molecular weight excluding hydrogens is 218 g/mol. The van der Waals surface area contributed by atoms with E-state index in [9.17, 15) is 0 Å². The van der Waals surface area contributed by atoms with Gasteiger partial charge in [0.25, 0.3) is 0 Å². The van der Waals surface area contributed by atoms with Gasteiger partial charge in [-0.25, -0.2) is 0 Å². The molecule has 3 rings (SSSR count). The predicted octanol–water partition coefficient (Wildman–Crippen LogP) is 4.28. The van der Waals surface area contributed by atoms with Crippen LogP contribution >= 0.6 is 0 Å². The fraction of sp³-hybridized carbons (Fsp3) is 0.353. The first-order chi connectivity index (χ1) is 8.84. The molecule has 1 atom stereocenters. The summed E-state index contributed by atoms with van der Waals surface area (Å²) in [5.41, 5.74) is 5.58. The molecule has 1 aliphatic carbocycles. The molecule has 0 N–H and O–H groups in total. The molecule has 1 nitrogen and oxygen atoms in total. The molecular formula is C17H19N. The van der Waals surface area contributed by atoms with Gasteiger partial charge in [0.1, 0.15) is 0 Å². The first kappa shape index (κ1) is 11.5. The van der Waals surface area contributed by atoms with Crippen molar-refractivity contribution in [1.82, 2.24) is 0 Å². The quantitative estimate of drug-likeness (QED) is 0.728. The maximum absolute atomic E-state index is 4.50. The molecule has 0 fully saturated rings. The number of allylic oxidation sites excluding steroid dienone is 2. The molecule has 92 valence electrons. The summed E-state index contributed by atoms with van der Waals surface area (Å²) in [5, 5.41) is 0. The van der Waals surface area contributed by atoms with Crippen molar-refractivity contribution in [2.45, 2.75) is 32.1 Å². The molecule has 0 radical (unpaired) electrons. The zero-order valence-corrected chi connectivity index (χ0v) is 10.9. The van der Waals surface area contributed by atoms with Gasteiger partial charge in [0.15, 0.2) is 0 Å². The van der Waals surface area contributed by atoms with E-state index in [1.807, 2.05) is 0 Å². The molecule has 0 bridgehead atoms. The van der Waals surface area contributed by atoms with Crippen LogP contribution in [0.4, 0.5) is 0 Å². The SMILES string of the molecule is CC1=NCC(C2=CCCCC2c2ccccc2)=C1. The molecule has 2 aliphatic rings. The summed E-state index contributed by atoms with van der Waals surface area (Å²) in [4.78, 5) is 4.50. The van der Waals surface area contributed by atoms with E-state index in [4.69, 9.17) is 0 Å². The van der Waals surface area contributed by atoms with E-state index in [0.29, 0.717) is 5.92 Å². The van der Waals surface area contributed by atoms with Crippen LogP contribution in [0, 0.1) is 0 Å². The van der Waals surface area contributed by atoms with Crippen molar-refractivity contribution in [3.63, 3.8) is 0 Å². The van der Waals surface area contributed by atoms with Gasteiger partial charge >= 0.3 is 0 Å². The minimum absolute atomic E-state index is 0.576. The van der Waals surface area contributed by atoms with Gasteiger partial charge in [0, 0.05) is 11.6 Å². The topological polar surface area (TPSA) is 12.4 Å². The molecule has 1 heteroatoms. The second-order valence-electron chi connectivity index (χ2n) is 5.18. The second kappa shape index (κ2) is 4.93. The van der Waals surface area contributed by atoms with Crippen molar-refractivity contribution >= 4 is 5.71 Å². The van der Waals surface area contributed by atoms with Crippen molar-refractivity contribution in [3.05, 3.63) is 59.2 Å². The van der Waals surface area contributed by atoms with E-state index in [1.165, 1.54) is 41.7 Å². The van der Waals surface area contributed by atoms with Crippen LogP contribution < -0.4 is 0 Å². The molecule has 0 saturated heterocycles. The molecule has 1 aromatic rings. The molecule has 1 aromatic carbocycles. The smallest absolute Gasteiger partial charge is 0.0646 e. The standard InChI is InChI=1S/C17H19N/c1-13-11-15(12-18-13)17-10-6-5-9-16(17)14-7-3-2-4-8-14/h2-4,7-8,10-11,16H,5-6,9,12H2,1H3. The Kier molecular flexibility index (Phi) is 3.14. The van der Waals surface area contributed by atoms with Crippen LogP contribution in [0.2, 0.25) is 0 Å². The number of benzene rings is 1. The molecule has 0 amide bonds. The number of hydrogen-bond acceptors (Lipinski definition) is 1. The van der Waals surface area contributed by atoms with Crippen molar-refractivity contribution in [3.8, 4) is 0 Å². The van der Waals surface area contributed by atoms with Crippen LogP contribution in [-0.2, 0) is 0 Å². The van der Waals surface area contributed by atoms with E-state index >= 15 is 0 Å². The van der Waals surface area contributed by atoms with Gasteiger partial charge in [-0.2, -0.15) is 0 Å². The van der Waals surface area contributed by atoms with Gasteiger partial charge in [0.05, 0.1) is 6.54 Å². The maximum atomic E-state index is 4.50. The highest BCUT2D eigenvalue weighted by Gasteiger charge is 2.23.